The van der Waals surface area contributed by atoms with Crippen molar-refractivity contribution in [2.24, 2.45) is 0 Å². The Morgan fingerprint density at radius 3 is 2.69 bits per heavy atom. The molecule has 0 radical (unpaired) electrons. The first-order chi connectivity index (χ1) is 12.7. The third kappa shape index (κ3) is 2.78. The predicted octanol–water partition coefficient (Wildman–Crippen LogP) is 3.48. The van der Waals surface area contributed by atoms with Gasteiger partial charge in [-0.15, -0.1) is 10.2 Å². The van der Waals surface area contributed by atoms with Crippen molar-refractivity contribution in [2.45, 2.75) is 6.43 Å². The van der Waals surface area contributed by atoms with E-state index in [0.29, 0.717) is 28.1 Å². The number of aromatic nitrogens is 4. The van der Waals surface area contributed by atoms with E-state index in [2.05, 4.69) is 20.7 Å². The molecule has 0 aliphatic rings. The highest BCUT2D eigenvalue weighted by molar-refractivity contribution is 5.95. The molecule has 7 nitrogen and oxygen atoms in total. The van der Waals surface area contributed by atoms with Gasteiger partial charge >= 0.3 is 0 Å². The molecular formula is C17H14F2N6O. The van der Waals surface area contributed by atoms with E-state index in [1.165, 1.54) is 11.2 Å². The zero-order valence-electron chi connectivity index (χ0n) is 13.4. The van der Waals surface area contributed by atoms with E-state index < -0.39 is 13.0 Å². The summed E-state index contributed by atoms with van der Waals surface area (Å²) in [6.07, 6.45) is -1.07. The van der Waals surface area contributed by atoms with E-state index in [4.69, 9.17) is 0 Å². The fourth-order valence-corrected chi connectivity index (χ4v) is 2.89. The molecule has 0 amide bonds. The lowest BCUT2D eigenvalue weighted by Crippen LogP contribution is -2.25. The molecule has 0 bridgehead atoms. The summed E-state index contributed by atoms with van der Waals surface area (Å²) in [5.74, 6) is 0.620. The highest BCUT2D eigenvalue weighted by Gasteiger charge is 2.21. The Hall–Kier alpha value is -3.33. The highest BCUT2D eigenvalue weighted by atomic mass is 19.3. The van der Waals surface area contributed by atoms with Crippen molar-refractivity contribution in [3.8, 4) is 0 Å². The quantitative estimate of drug-likeness (QED) is 0.533. The van der Waals surface area contributed by atoms with Crippen LogP contribution in [0.1, 0.15) is 0 Å². The predicted molar refractivity (Wildman–Crippen MR) is 93.1 cm³/mol. The summed E-state index contributed by atoms with van der Waals surface area (Å²) in [6, 6.07) is 13.9. The van der Waals surface area contributed by atoms with Gasteiger partial charge < -0.3 is 4.90 Å². The molecule has 9 heteroatoms. The molecule has 4 aromatic rings. The molecule has 0 unspecified atom stereocenters. The van der Waals surface area contributed by atoms with Crippen LogP contribution in [0.3, 0.4) is 0 Å². The van der Waals surface area contributed by atoms with Crippen molar-refractivity contribution in [3.63, 3.8) is 0 Å². The number of hydrogen-bond acceptors (Lipinski definition) is 6. The van der Waals surface area contributed by atoms with E-state index in [0.717, 1.165) is 0 Å². The van der Waals surface area contributed by atoms with E-state index in [1.54, 1.807) is 46.9 Å². The number of halogens is 2. The maximum atomic E-state index is 13.3. The molecule has 2 aromatic carbocycles. The Labute approximate surface area is 146 Å². The average molecular weight is 356 g/mol. The first-order valence-corrected chi connectivity index (χ1v) is 7.81. The monoisotopic (exact) mass is 356 g/mol. The van der Waals surface area contributed by atoms with Gasteiger partial charge in [0.2, 0.25) is 0 Å². The van der Waals surface area contributed by atoms with Crippen LogP contribution >= 0.6 is 0 Å². The molecule has 0 spiro atoms. The van der Waals surface area contributed by atoms with Gasteiger partial charge in [0.05, 0.1) is 17.7 Å². The maximum absolute atomic E-state index is 13.3. The lowest BCUT2D eigenvalue weighted by atomic mass is 10.2. The van der Waals surface area contributed by atoms with Crippen LogP contribution in [0.5, 0.6) is 0 Å². The zero-order chi connectivity index (χ0) is 18.1. The van der Waals surface area contributed by atoms with Crippen LogP contribution < -0.4 is 10.4 Å². The van der Waals surface area contributed by atoms with Crippen LogP contribution in [0, 0.1) is 0 Å². The van der Waals surface area contributed by atoms with Crippen molar-refractivity contribution < 1.29 is 14.0 Å². The Balaban J connectivity index is 2.00. The summed E-state index contributed by atoms with van der Waals surface area (Å²) >= 11 is 0. The third-order valence-electron chi connectivity index (χ3n) is 4.01. The average Bonchev–Trinajstić information content (AvgIpc) is 3.14. The number of nitrogens with one attached hydrogen (secondary N) is 1. The van der Waals surface area contributed by atoms with Crippen LogP contribution in [-0.2, 0) is 0 Å². The van der Waals surface area contributed by atoms with Crippen molar-refractivity contribution in [1.82, 2.24) is 19.6 Å². The molecule has 0 aliphatic carbocycles. The molecule has 0 aliphatic heterocycles. The van der Waals surface area contributed by atoms with E-state index in [1.807, 2.05) is 6.07 Å². The first-order valence-electron chi connectivity index (χ1n) is 7.81. The molecular weight excluding hydrogens is 342 g/mol. The van der Waals surface area contributed by atoms with Crippen LogP contribution in [0.4, 0.5) is 26.0 Å². The number of anilines is 3. The summed E-state index contributed by atoms with van der Waals surface area (Å²) in [5.41, 5.74) is 3.75. The van der Waals surface area contributed by atoms with Gasteiger partial charge in [0.25, 0.3) is 12.2 Å². The number of fused-ring (bicyclic) bond motifs is 3. The molecule has 4 rings (SSSR count). The van der Waals surface area contributed by atoms with Crippen molar-refractivity contribution in [2.75, 3.05) is 16.9 Å². The summed E-state index contributed by atoms with van der Waals surface area (Å²) < 4.78 is 28.2. The minimum atomic E-state index is -2.56. The van der Waals surface area contributed by atoms with E-state index in [-0.39, 0.29) is 5.78 Å². The number of nitrogens with zero attached hydrogens (tertiary/aromatic N) is 5. The van der Waals surface area contributed by atoms with Gasteiger partial charge in [-0.05, 0) is 30.3 Å². The lowest BCUT2D eigenvalue weighted by molar-refractivity contribution is 0.158. The van der Waals surface area contributed by atoms with Gasteiger partial charge in [-0.1, -0.05) is 18.2 Å². The van der Waals surface area contributed by atoms with Crippen LogP contribution in [0.25, 0.3) is 16.7 Å². The summed E-state index contributed by atoms with van der Waals surface area (Å²) in [4.78, 5) is 5.90. The van der Waals surface area contributed by atoms with Gasteiger partial charge in [-0.2, -0.15) is 4.98 Å². The molecule has 26 heavy (non-hydrogen) atoms. The van der Waals surface area contributed by atoms with Crippen LogP contribution in [0.2, 0.25) is 0 Å². The topological polar surface area (TPSA) is 78.6 Å². The van der Waals surface area contributed by atoms with E-state index >= 15 is 0 Å². The van der Waals surface area contributed by atoms with Crippen LogP contribution in [0.15, 0.2) is 54.9 Å². The van der Waals surface area contributed by atoms with Crippen LogP contribution in [-0.4, -0.2) is 37.8 Å². The molecule has 0 fully saturated rings. The normalized spacial score (nSPS) is 11.4. The summed E-state index contributed by atoms with van der Waals surface area (Å²) in [7, 11) is 0. The summed E-state index contributed by atoms with van der Waals surface area (Å²) in [5, 5.41) is 17.6. The number of rotatable bonds is 5. The standard InChI is InChI=1S/C17H14F2N6O/c18-15(19)9-24(12-4-2-1-3-5-12)16-13-7-6-11(23-26)8-14(13)25-10-20-22-17(25)21-16/h1-8,10,15,23,26H,9H2. The second-order valence-electron chi connectivity index (χ2n) is 5.62. The van der Waals surface area contributed by atoms with Crippen molar-refractivity contribution in [3.05, 3.63) is 54.9 Å². The third-order valence-corrected chi connectivity index (χ3v) is 4.01. The fourth-order valence-electron chi connectivity index (χ4n) is 2.89. The number of benzene rings is 2. The lowest BCUT2D eigenvalue weighted by Gasteiger charge is -2.25. The van der Waals surface area contributed by atoms with Gasteiger partial charge in [-0.3, -0.25) is 15.1 Å². The largest absolute Gasteiger partial charge is 0.320 e. The number of para-hydroxylation sites is 1. The second-order valence-corrected chi connectivity index (χ2v) is 5.62. The molecule has 0 atom stereocenters. The Bertz CT molecular complexity index is 1050. The Morgan fingerprint density at radius 2 is 1.96 bits per heavy atom. The summed E-state index contributed by atoms with van der Waals surface area (Å²) in [6.45, 7) is -0.517. The smallest absolute Gasteiger partial charge is 0.257 e. The second kappa shape index (κ2) is 6.52. The van der Waals surface area contributed by atoms with Gasteiger partial charge in [-0.25, -0.2) is 8.78 Å². The first kappa shape index (κ1) is 16.2. The zero-order valence-corrected chi connectivity index (χ0v) is 13.4. The van der Waals surface area contributed by atoms with Gasteiger partial charge in [0.1, 0.15) is 12.1 Å². The van der Waals surface area contributed by atoms with Crippen molar-refractivity contribution >= 4 is 33.9 Å². The van der Waals surface area contributed by atoms with Crippen molar-refractivity contribution in [1.29, 1.82) is 0 Å². The minimum Gasteiger partial charge on any atom is -0.320 e. The van der Waals surface area contributed by atoms with E-state index in [9.17, 15) is 14.0 Å². The number of hydrogen-bond donors (Lipinski definition) is 2. The molecule has 132 valence electrons. The maximum Gasteiger partial charge on any atom is 0.257 e. The Morgan fingerprint density at radius 1 is 1.15 bits per heavy atom. The molecule has 0 saturated carbocycles. The Kier molecular flexibility index (Phi) is 4.05. The fraction of sp³-hybridized carbons (Fsp3) is 0.118. The molecule has 2 N–H and O–H groups in total. The van der Waals surface area contributed by atoms with Gasteiger partial charge in [0, 0.05) is 11.1 Å². The highest BCUT2D eigenvalue weighted by Crippen LogP contribution is 2.32. The molecule has 2 heterocycles. The SMILES string of the molecule is ONc1ccc2c(N(CC(F)F)c3ccccc3)nc3nncn3c2c1. The molecule has 2 aromatic heterocycles. The minimum absolute atomic E-state index is 0.276. The number of alkyl halides is 2. The van der Waals surface area contributed by atoms with Gasteiger partial charge in [0.15, 0.2) is 0 Å². The molecule has 0 saturated heterocycles.